The summed E-state index contributed by atoms with van der Waals surface area (Å²) in [4.78, 5) is 39.8. The van der Waals surface area contributed by atoms with Crippen molar-refractivity contribution in [2.75, 3.05) is 31.7 Å². The molecule has 0 spiro atoms. The van der Waals surface area contributed by atoms with Crippen LogP contribution in [-0.2, 0) is 9.59 Å². The molecule has 1 N–H and O–H groups in total. The van der Waals surface area contributed by atoms with Gasteiger partial charge in [0.15, 0.2) is 18.1 Å². The standard InChI is InChI=1S/C34H38N2O6S/c1-7-40-30-18-25(10-13-28(30)42-20-32(37)35-26-11-9-23(5)24(6)17-26)19-31-33(38)36(34(39)43-31)14-15-41-29-16-22(4)8-12-27(29)21(2)3/h8-13,16-19,21H,7,14-15,20H2,1-6H3,(H,35,37)/b31-19-. The molecule has 3 aromatic rings. The number of aryl methyl sites for hydroxylation is 3. The molecule has 0 bridgehead atoms. The number of nitrogens with zero attached hydrogens (tertiary/aromatic N) is 1. The molecule has 0 atom stereocenters. The summed E-state index contributed by atoms with van der Waals surface area (Å²) in [5.74, 6) is 1.22. The molecule has 8 nitrogen and oxygen atoms in total. The van der Waals surface area contributed by atoms with Crippen LogP contribution in [0.3, 0.4) is 0 Å². The van der Waals surface area contributed by atoms with E-state index >= 15 is 0 Å². The van der Waals surface area contributed by atoms with E-state index < -0.39 is 0 Å². The Balaban J connectivity index is 1.39. The Morgan fingerprint density at radius 3 is 2.42 bits per heavy atom. The van der Waals surface area contributed by atoms with E-state index in [0.717, 1.165) is 39.8 Å². The fourth-order valence-electron chi connectivity index (χ4n) is 4.50. The van der Waals surface area contributed by atoms with Crippen LogP contribution in [0.25, 0.3) is 6.08 Å². The lowest BCUT2D eigenvalue weighted by atomic mass is 10.0. The lowest BCUT2D eigenvalue weighted by Gasteiger charge is -2.17. The number of hydrogen-bond acceptors (Lipinski definition) is 7. The molecule has 1 aliphatic heterocycles. The van der Waals surface area contributed by atoms with Gasteiger partial charge in [0.05, 0.1) is 18.1 Å². The molecule has 43 heavy (non-hydrogen) atoms. The predicted octanol–water partition coefficient (Wildman–Crippen LogP) is 7.27. The minimum Gasteiger partial charge on any atom is -0.491 e. The number of hydrogen-bond donors (Lipinski definition) is 1. The second kappa shape index (κ2) is 14.3. The third kappa shape index (κ3) is 8.20. The van der Waals surface area contributed by atoms with E-state index in [4.69, 9.17) is 14.2 Å². The summed E-state index contributed by atoms with van der Waals surface area (Å²) in [6, 6.07) is 16.9. The zero-order valence-corrected chi connectivity index (χ0v) is 26.3. The first-order valence-corrected chi connectivity index (χ1v) is 15.1. The second-order valence-corrected chi connectivity index (χ2v) is 11.6. The number of benzene rings is 3. The van der Waals surface area contributed by atoms with Gasteiger partial charge in [-0.25, -0.2) is 0 Å². The Labute approximate surface area is 257 Å². The molecule has 3 amide bonds. The third-order valence-electron chi connectivity index (χ3n) is 6.95. The molecule has 0 radical (unpaired) electrons. The molecule has 0 aromatic heterocycles. The maximum Gasteiger partial charge on any atom is 0.293 e. The van der Waals surface area contributed by atoms with Crippen molar-refractivity contribution in [1.82, 2.24) is 4.90 Å². The van der Waals surface area contributed by atoms with E-state index in [9.17, 15) is 14.4 Å². The van der Waals surface area contributed by atoms with Crippen molar-refractivity contribution >= 4 is 40.6 Å². The smallest absolute Gasteiger partial charge is 0.293 e. The number of anilines is 1. The molecular weight excluding hydrogens is 564 g/mol. The van der Waals surface area contributed by atoms with Gasteiger partial charge in [0.2, 0.25) is 0 Å². The molecule has 9 heteroatoms. The van der Waals surface area contributed by atoms with Gasteiger partial charge in [-0.15, -0.1) is 0 Å². The summed E-state index contributed by atoms with van der Waals surface area (Å²) in [6.07, 6.45) is 1.65. The van der Waals surface area contributed by atoms with Gasteiger partial charge in [-0.1, -0.05) is 38.1 Å². The van der Waals surface area contributed by atoms with Crippen LogP contribution in [0, 0.1) is 20.8 Å². The molecule has 226 valence electrons. The molecule has 4 rings (SSSR count). The van der Waals surface area contributed by atoms with Gasteiger partial charge in [-0.2, -0.15) is 0 Å². The van der Waals surface area contributed by atoms with Crippen molar-refractivity contribution in [3.63, 3.8) is 0 Å². The number of nitrogens with one attached hydrogen (secondary N) is 1. The predicted molar refractivity (Wildman–Crippen MR) is 171 cm³/mol. The monoisotopic (exact) mass is 602 g/mol. The number of imide groups is 1. The van der Waals surface area contributed by atoms with Gasteiger partial charge in [0.1, 0.15) is 12.4 Å². The first-order chi connectivity index (χ1) is 20.5. The Hall–Kier alpha value is -4.24. The maximum atomic E-state index is 13.1. The van der Waals surface area contributed by atoms with Gasteiger partial charge in [0.25, 0.3) is 17.1 Å². The van der Waals surface area contributed by atoms with Crippen LogP contribution in [0.5, 0.6) is 17.2 Å². The fraction of sp³-hybridized carbons (Fsp3) is 0.324. The van der Waals surface area contributed by atoms with Crippen LogP contribution in [0.4, 0.5) is 10.5 Å². The highest BCUT2D eigenvalue weighted by molar-refractivity contribution is 8.18. The zero-order chi connectivity index (χ0) is 31.1. The number of thioether (sulfide) groups is 1. The van der Waals surface area contributed by atoms with Gasteiger partial charge < -0.3 is 19.5 Å². The van der Waals surface area contributed by atoms with E-state index in [1.54, 1.807) is 24.3 Å². The summed E-state index contributed by atoms with van der Waals surface area (Å²) in [7, 11) is 0. The molecule has 1 heterocycles. The third-order valence-corrected chi connectivity index (χ3v) is 7.86. The Morgan fingerprint density at radius 2 is 1.70 bits per heavy atom. The van der Waals surface area contributed by atoms with Crippen molar-refractivity contribution in [1.29, 1.82) is 0 Å². The quantitative estimate of drug-likeness (QED) is 0.218. The summed E-state index contributed by atoms with van der Waals surface area (Å²) in [6.45, 7) is 12.6. The SMILES string of the molecule is CCOc1cc(/C=C2\SC(=O)N(CCOc3cc(C)ccc3C(C)C)C2=O)ccc1OCC(=O)Nc1ccc(C)c(C)c1. The summed E-state index contributed by atoms with van der Waals surface area (Å²) < 4.78 is 17.5. The molecule has 0 unspecified atom stereocenters. The minimum absolute atomic E-state index is 0.147. The normalized spacial score (nSPS) is 14.0. The Morgan fingerprint density at radius 1 is 0.907 bits per heavy atom. The molecular formula is C34H38N2O6S. The molecule has 1 aliphatic rings. The molecule has 3 aromatic carbocycles. The van der Waals surface area contributed by atoms with E-state index in [1.807, 2.05) is 64.1 Å². The van der Waals surface area contributed by atoms with Crippen molar-refractivity contribution in [3.8, 4) is 17.2 Å². The highest BCUT2D eigenvalue weighted by Gasteiger charge is 2.35. The summed E-state index contributed by atoms with van der Waals surface area (Å²) in [5.41, 5.74) is 5.76. The fourth-order valence-corrected chi connectivity index (χ4v) is 5.36. The van der Waals surface area contributed by atoms with Crippen molar-refractivity contribution in [2.24, 2.45) is 0 Å². The van der Waals surface area contributed by atoms with E-state index in [1.165, 1.54) is 4.90 Å². The Kier molecular flexibility index (Phi) is 10.5. The van der Waals surface area contributed by atoms with Crippen LogP contribution >= 0.6 is 11.8 Å². The van der Waals surface area contributed by atoms with E-state index in [2.05, 4.69) is 19.2 Å². The van der Waals surface area contributed by atoms with E-state index in [0.29, 0.717) is 34.3 Å². The van der Waals surface area contributed by atoms with Crippen molar-refractivity contribution in [2.45, 2.75) is 47.5 Å². The summed E-state index contributed by atoms with van der Waals surface area (Å²) in [5, 5.41) is 2.50. The second-order valence-electron chi connectivity index (χ2n) is 10.7. The van der Waals surface area contributed by atoms with Gasteiger partial charge in [-0.05, 0) is 110 Å². The maximum absolute atomic E-state index is 13.1. The van der Waals surface area contributed by atoms with Crippen LogP contribution in [-0.4, -0.2) is 48.3 Å². The lowest BCUT2D eigenvalue weighted by Crippen LogP contribution is -2.32. The first-order valence-electron chi connectivity index (χ1n) is 14.3. The number of carbonyl (C=O) groups is 3. The Bertz CT molecular complexity index is 1550. The highest BCUT2D eigenvalue weighted by Crippen LogP contribution is 2.35. The number of carbonyl (C=O) groups excluding carboxylic acids is 3. The summed E-state index contributed by atoms with van der Waals surface area (Å²) >= 11 is 0.892. The van der Waals surface area contributed by atoms with E-state index in [-0.39, 0.29) is 42.7 Å². The highest BCUT2D eigenvalue weighted by atomic mass is 32.2. The number of ether oxygens (including phenoxy) is 3. The minimum atomic E-state index is -0.367. The van der Waals surface area contributed by atoms with Crippen LogP contribution in [0.1, 0.15) is 54.5 Å². The average Bonchev–Trinajstić information content (AvgIpc) is 3.22. The van der Waals surface area contributed by atoms with Gasteiger partial charge >= 0.3 is 0 Å². The molecule has 0 aliphatic carbocycles. The molecule has 0 saturated carbocycles. The molecule has 1 fully saturated rings. The van der Waals surface area contributed by atoms with Gasteiger partial charge in [0, 0.05) is 5.69 Å². The number of rotatable bonds is 12. The zero-order valence-electron chi connectivity index (χ0n) is 25.5. The first kappa shape index (κ1) is 31.7. The van der Waals surface area contributed by atoms with Crippen LogP contribution in [0.2, 0.25) is 0 Å². The topological polar surface area (TPSA) is 94.2 Å². The van der Waals surface area contributed by atoms with Crippen molar-refractivity contribution < 1.29 is 28.6 Å². The van der Waals surface area contributed by atoms with Crippen molar-refractivity contribution in [3.05, 3.63) is 87.3 Å². The molecule has 1 saturated heterocycles. The van der Waals surface area contributed by atoms with Crippen LogP contribution < -0.4 is 19.5 Å². The lowest BCUT2D eigenvalue weighted by molar-refractivity contribution is -0.123. The van der Waals surface area contributed by atoms with Gasteiger partial charge in [-0.3, -0.25) is 19.3 Å². The average molecular weight is 603 g/mol. The van der Waals surface area contributed by atoms with Crippen LogP contribution in [0.15, 0.2) is 59.5 Å². The largest absolute Gasteiger partial charge is 0.491 e. The number of amides is 3.